The SMILES string of the molecule is COC(=O)CC(C=C(C)C)c1ccc(OCc2cccc(OC)c2)cc1. The maximum atomic E-state index is 11.7. The molecule has 0 aliphatic heterocycles. The summed E-state index contributed by atoms with van der Waals surface area (Å²) in [6.07, 6.45) is 2.41. The van der Waals surface area contributed by atoms with E-state index in [1.165, 1.54) is 7.11 Å². The van der Waals surface area contributed by atoms with Crippen LogP contribution >= 0.6 is 0 Å². The normalized spacial score (nSPS) is 11.4. The summed E-state index contributed by atoms with van der Waals surface area (Å²) in [7, 11) is 3.06. The van der Waals surface area contributed by atoms with Crippen molar-refractivity contribution < 1.29 is 19.0 Å². The lowest BCUT2D eigenvalue weighted by Crippen LogP contribution is -2.07. The van der Waals surface area contributed by atoms with Crippen LogP contribution in [0.15, 0.2) is 60.2 Å². The molecule has 0 radical (unpaired) electrons. The minimum absolute atomic E-state index is 0.000107. The Kier molecular flexibility index (Phi) is 7.27. The number of rotatable bonds is 8. The molecule has 0 spiro atoms. The topological polar surface area (TPSA) is 44.8 Å². The summed E-state index contributed by atoms with van der Waals surface area (Å²) in [6.45, 7) is 4.52. The lowest BCUT2D eigenvalue weighted by Gasteiger charge is -2.14. The van der Waals surface area contributed by atoms with E-state index in [0.29, 0.717) is 13.0 Å². The molecule has 0 aromatic heterocycles. The Morgan fingerprint density at radius 3 is 2.38 bits per heavy atom. The fourth-order valence-electron chi connectivity index (χ4n) is 2.68. The molecule has 0 saturated heterocycles. The van der Waals surface area contributed by atoms with E-state index in [0.717, 1.165) is 28.2 Å². The van der Waals surface area contributed by atoms with Gasteiger partial charge < -0.3 is 14.2 Å². The molecule has 0 aliphatic rings. The fraction of sp³-hybridized carbons (Fsp3) is 0.318. The van der Waals surface area contributed by atoms with Crippen molar-refractivity contribution >= 4 is 5.97 Å². The standard InChI is InChI=1S/C22H26O4/c1-16(2)12-19(14-22(23)25-4)18-8-10-20(11-9-18)26-15-17-6-5-7-21(13-17)24-3/h5-13,19H,14-15H2,1-4H3. The average Bonchev–Trinajstić information content (AvgIpc) is 2.66. The summed E-state index contributed by atoms with van der Waals surface area (Å²) >= 11 is 0. The molecular weight excluding hydrogens is 328 g/mol. The highest BCUT2D eigenvalue weighted by atomic mass is 16.5. The first kappa shape index (κ1) is 19.6. The molecule has 0 heterocycles. The molecule has 0 bridgehead atoms. The maximum absolute atomic E-state index is 11.7. The maximum Gasteiger partial charge on any atom is 0.306 e. The van der Waals surface area contributed by atoms with E-state index < -0.39 is 0 Å². The molecule has 0 saturated carbocycles. The summed E-state index contributed by atoms with van der Waals surface area (Å²) in [5, 5.41) is 0. The highest BCUT2D eigenvalue weighted by Crippen LogP contribution is 2.26. The molecule has 2 rings (SSSR count). The zero-order valence-corrected chi connectivity index (χ0v) is 15.8. The smallest absolute Gasteiger partial charge is 0.306 e. The molecule has 4 heteroatoms. The number of esters is 1. The van der Waals surface area contributed by atoms with Crippen molar-refractivity contribution in [3.05, 3.63) is 71.3 Å². The highest BCUT2D eigenvalue weighted by Gasteiger charge is 2.14. The molecule has 1 unspecified atom stereocenters. The van der Waals surface area contributed by atoms with Crippen molar-refractivity contribution in [3.63, 3.8) is 0 Å². The van der Waals surface area contributed by atoms with Crippen LogP contribution in [0.5, 0.6) is 11.5 Å². The van der Waals surface area contributed by atoms with E-state index in [1.807, 2.05) is 62.4 Å². The van der Waals surface area contributed by atoms with Gasteiger partial charge in [0.05, 0.1) is 20.6 Å². The number of ether oxygens (including phenoxy) is 3. The zero-order chi connectivity index (χ0) is 18.9. The number of allylic oxidation sites excluding steroid dienone is 2. The van der Waals surface area contributed by atoms with Crippen LogP contribution in [0.2, 0.25) is 0 Å². The summed E-state index contributed by atoms with van der Waals surface area (Å²) in [6, 6.07) is 15.6. The fourth-order valence-corrected chi connectivity index (χ4v) is 2.68. The Morgan fingerprint density at radius 2 is 1.77 bits per heavy atom. The number of hydrogen-bond acceptors (Lipinski definition) is 4. The van der Waals surface area contributed by atoms with Gasteiger partial charge in [-0.2, -0.15) is 0 Å². The largest absolute Gasteiger partial charge is 0.497 e. The van der Waals surface area contributed by atoms with Gasteiger partial charge in [-0.3, -0.25) is 4.79 Å². The molecule has 0 N–H and O–H groups in total. The van der Waals surface area contributed by atoms with Crippen LogP contribution in [-0.4, -0.2) is 20.2 Å². The van der Waals surface area contributed by atoms with Crippen LogP contribution < -0.4 is 9.47 Å². The molecule has 138 valence electrons. The summed E-state index contributed by atoms with van der Waals surface area (Å²) in [5.74, 6) is 1.38. The van der Waals surface area contributed by atoms with Gasteiger partial charge >= 0.3 is 5.97 Å². The molecule has 26 heavy (non-hydrogen) atoms. The summed E-state index contributed by atoms with van der Waals surface area (Å²) in [5.41, 5.74) is 3.27. The van der Waals surface area contributed by atoms with Crippen molar-refractivity contribution in [2.75, 3.05) is 14.2 Å². The third-order valence-electron chi connectivity index (χ3n) is 4.00. The lowest BCUT2D eigenvalue weighted by molar-refractivity contribution is -0.140. The second-order valence-corrected chi connectivity index (χ2v) is 6.34. The van der Waals surface area contributed by atoms with Crippen LogP contribution in [0.4, 0.5) is 0 Å². The third kappa shape index (κ3) is 5.96. The Labute approximate surface area is 155 Å². The molecule has 4 nitrogen and oxygen atoms in total. The molecular formula is C22H26O4. The summed E-state index contributed by atoms with van der Waals surface area (Å²) < 4.78 is 15.9. The first-order valence-corrected chi connectivity index (χ1v) is 8.59. The Hall–Kier alpha value is -2.75. The molecule has 2 aromatic carbocycles. The van der Waals surface area contributed by atoms with Gasteiger partial charge in [0.1, 0.15) is 18.1 Å². The molecule has 0 amide bonds. The first-order valence-electron chi connectivity index (χ1n) is 8.59. The third-order valence-corrected chi connectivity index (χ3v) is 4.00. The number of carbonyl (C=O) groups is 1. The van der Waals surface area contributed by atoms with Gasteiger partial charge in [0.15, 0.2) is 0 Å². The van der Waals surface area contributed by atoms with Gasteiger partial charge in [0.2, 0.25) is 0 Å². The first-order chi connectivity index (χ1) is 12.5. The molecule has 0 fully saturated rings. The molecule has 2 aromatic rings. The zero-order valence-electron chi connectivity index (χ0n) is 15.8. The van der Waals surface area contributed by atoms with Crippen LogP contribution in [0.3, 0.4) is 0 Å². The van der Waals surface area contributed by atoms with Crippen molar-refractivity contribution in [1.82, 2.24) is 0 Å². The second kappa shape index (κ2) is 9.66. The Bertz CT molecular complexity index is 743. The Balaban J connectivity index is 2.05. The van der Waals surface area contributed by atoms with Crippen molar-refractivity contribution in [3.8, 4) is 11.5 Å². The lowest BCUT2D eigenvalue weighted by atomic mass is 9.94. The van der Waals surface area contributed by atoms with Gasteiger partial charge in [-0.15, -0.1) is 0 Å². The van der Waals surface area contributed by atoms with Crippen molar-refractivity contribution in [2.24, 2.45) is 0 Å². The minimum Gasteiger partial charge on any atom is -0.497 e. The quantitative estimate of drug-likeness (QED) is 0.500. The Morgan fingerprint density at radius 1 is 1.04 bits per heavy atom. The number of hydrogen-bond donors (Lipinski definition) is 0. The average molecular weight is 354 g/mol. The van der Waals surface area contributed by atoms with Crippen LogP contribution in [0, 0.1) is 0 Å². The van der Waals surface area contributed by atoms with Gasteiger partial charge in [0.25, 0.3) is 0 Å². The number of methoxy groups -OCH3 is 2. The predicted octanol–water partition coefficient (Wildman–Crippen LogP) is 4.89. The van der Waals surface area contributed by atoms with E-state index in [9.17, 15) is 4.79 Å². The van der Waals surface area contributed by atoms with E-state index in [1.54, 1.807) is 7.11 Å². The number of benzene rings is 2. The van der Waals surface area contributed by atoms with Crippen molar-refractivity contribution in [1.29, 1.82) is 0 Å². The summed E-state index contributed by atoms with van der Waals surface area (Å²) in [4.78, 5) is 11.7. The van der Waals surface area contributed by atoms with E-state index in [-0.39, 0.29) is 11.9 Å². The van der Waals surface area contributed by atoms with Crippen LogP contribution in [0.25, 0.3) is 0 Å². The predicted molar refractivity (Wildman–Crippen MR) is 103 cm³/mol. The van der Waals surface area contributed by atoms with Gasteiger partial charge in [0, 0.05) is 5.92 Å². The highest BCUT2D eigenvalue weighted by molar-refractivity contribution is 5.70. The minimum atomic E-state index is -0.217. The van der Waals surface area contributed by atoms with E-state index >= 15 is 0 Å². The van der Waals surface area contributed by atoms with E-state index in [4.69, 9.17) is 14.2 Å². The second-order valence-electron chi connectivity index (χ2n) is 6.34. The van der Waals surface area contributed by atoms with Crippen molar-refractivity contribution in [2.45, 2.75) is 32.8 Å². The molecule has 0 aliphatic carbocycles. The van der Waals surface area contributed by atoms with Crippen LogP contribution in [0.1, 0.15) is 37.3 Å². The van der Waals surface area contributed by atoms with Gasteiger partial charge in [-0.25, -0.2) is 0 Å². The van der Waals surface area contributed by atoms with Gasteiger partial charge in [-0.05, 0) is 49.2 Å². The van der Waals surface area contributed by atoms with Gasteiger partial charge in [-0.1, -0.05) is 35.9 Å². The molecule has 1 atom stereocenters. The van der Waals surface area contributed by atoms with E-state index in [2.05, 4.69) is 6.08 Å². The number of carbonyl (C=O) groups excluding carboxylic acids is 1. The van der Waals surface area contributed by atoms with Crippen LogP contribution in [-0.2, 0) is 16.1 Å². The monoisotopic (exact) mass is 354 g/mol.